The molecule has 0 saturated carbocycles. The largest absolute Gasteiger partial charge is 0.340 e. The van der Waals surface area contributed by atoms with Crippen molar-refractivity contribution in [2.45, 2.75) is 39.7 Å². The van der Waals surface area contributed by atoms with Gasteiger partial charge in [-0.15, -0.1) is 0 Å². The fourth-order valence-corrected chi connectivity index (χ4v) is 3.63. The number of rotatable bonds is 5. The van der Waals surface area contributed by atoms with Crippen molar-refractivity contribution in [1.29, 1.82) is 0 Å². The Bertz CT molecular complexity index is 1240. The van der Waals surface area contributed by atoms with Crippen molar-refractivity contribution in [1.82, 2.24) is 20.2 Å². The van der Waals surface area contributed by atoms with Crippen molar-refractivity contribution in [3.05, 3.63) is 88.9 Å². The van der Waals surface area contributed by atoms with Crippen LogP contribution in [0.2, 0.25) is 0 Å². The van der Waals surface area contributed by atoms with Crippen molar-refractivity contribution in [3.8, 4) is 0 Å². The summed E-state index contributed by atoms with van der Waals surface area (Å²) in [6.45, 7) is 9.04. The summed E-state index contributed by atoms with van der Waals surface area (Å²) in [5, 5.41) is 12.4. The summed E-state index contributed by atoms with van der Waals surface area (Å²) in [6.07, 6.45) is 1.72. The highest BCUT2D eigenvalue weighted by molar-refractivity contribution is 6.02. The van der Waals surface area contributed by atoms with E-state index in [1.165, 1.54) is 5.56 Å². The van der Waals surface area contributed by atoms with Crippen LogP contribution in [0.25, 0.3) is 10.9 Å². The second-order valence-electron chi connectivity index (χ2n) is 8.70. The van der Waals surface area contributed by atoms with Crippen LogP contribution in [0.15, 0.2) is 65.8 Å². The highest BCUT2D eigenvalue weighted by Gasteiger charge is 2.19. The zero-order chi connectivity index (χ0) is 22.0. The van der Waals surface area contributed by atoms with Crippen molar-refractivity contribution in [2.75, 3.05) is 0 Å². The first-order valence-electron chi connectivity index (χ1n) is 10.4. The van der Waals surface area contributed by atoms with E-state index in [1.54, 1.807) is 12.3 Å². The van der Waals surface area contributed by atoms with Gasteiger partial charge in [-0.2, -0.15) is 10.2 Å². The van der Waals surface area contributed by atoms with Crippen LogP contribution in [0.3, 0.4) is 0 Å². The van der Waals surface area contributed by atoms with Crippen molar-refractivity contribution >= 4 is 23.0 Å². The first-order chi connectivity index (χ1) is 14.8. The molecule has 0 spiro atoms. The van der Waals surface area contributed by atoms with E-state index in [-0.39, 0.29) is 11.3 Å². The maximum Gasteiger partial charge on any atom is 0.291 e. The Balaban J connectivity index is 1.58. The molecule has 0 bridgehead atoms. The number of nitrogens with one attached hydrogen (secondary N) is 2. The standard InChI is InChI=1S/C25H27N5O/c1-17-20(15-26-29-24(31)21-14-23(28-27-21)25(2,3)4)19-12-8-9-13-22(19)30(17)16-18-10-6-5-7-11-18/h5-15H,16H2,1-4H3,(H,27,28)(H,29,31)/b26-15+. The van der Waals surface area contributed by atoms with Gasteiger partial charge in [-0.25, -0.2) is 5.43 Å². The van der Waals surface area contributed by atoms with Gasteiger partial charge in [0.15, 0.2) is 5.69 Å². The van der Waals surface area contributed by atoms with E-state index in [4.69, 9.17) is 0 Å². The normalized spacial score (nSPS) is 12.0. The van der Waals surface area contributed by atoms with E-state index in [9.17, 15) is 4.79 Å². The number of aromatic nitrogens is 3. The first-order valence-corrected chi connectivity index (χ1v) is 10.4. The molecule has 2 heterocycles. The lowest BCUT2D eigenvalue weighted by Crippen LogP contribution is -2.18. The quantitative estimate of drug-likeness (QED) is 0.365. The van der Waals surface area contributed by atoms with Crippen LogP contribution in [-0.2, 0) is 12.0 Å². The molecule has 31 heavy (non-hydrogen) atoms. The molecular weight excluding hydrogens is 386 g/mol. The molecule has 1 amide bonds. The topological polar surface area (TPSA) is 75.1 Å². The summed E-state index contributed by atoms with van der Waals surface area (Å²) in [5.41, 5.74) is 8.18. The lowest BCUT2D eigenvalue weighted by Gasteiger charge is -2.14. The number of benzene rings is 2. The second-order valence-corrected chi connectivity index (χ2v) is 8.70. The van der Waals surface area contributed by atoms with E-state index in [1.807, 2.05) is 30.3 Å². The third-order valence-corrected chi connectivity index (χ3v) is 5.44. The molecular formula is C25H27N5O. The highest BCUT2D eigenvalue weighted by atomic mass is 16.2. The molecule has 0 unspecified atom stereocenters. The lowest BCUT2D eigenvalue weighted by molar-refractivity contribution is 0.0950. The van der Waals surface area contributed by atoms with E-state index in [0.717, 1.165) is 34.4 Å². The smallest absolute Gasteiger partial charge is 0.291 e. The fourth-order valence-electron chi connectivity index (χ4n) is 3.63. The third kappa shape index (κ3) is 4.28. The zero-order valence-corrected chi connectivity index (χ0v) is 18.3. The Hall–Kier alpha value is -3.67. The molecule has 2 N–H and O–H groups in total. The lowest BCUT2D eigenvalue weighted by atomic mass is 9.92. The molecule has 0 aliphatic rings. The van der Waals surface area contributed by atoms with Gasteiger partial charge in [0.2, 0.25) is 0 Å². The van der Waals surface area contributed by atoms with Crippen molar-refractivity contribution in [3.63, 3.8) is 0 Å². The van der Waals surface area contributed by atoms with Gasteiger partial charge >= 0.3 is 0 Å². The Morgan fingerprint density at radius 3 is 2.55 bits per heavy atom. The zero-order valence-electron chi connectivity index (χ0n) is 18.3. The van der Waals surface area contributed by atoms with Crippen LogP contribution in [0.5, 0.6) is 0 Å². The Morgan fingerprint density at radius 1 is 1.13 bits per heavy atom. The molecule has 0 saturated heterocycles. The average molecular weight is 414 g/mol. The number of fused-ring (bicyclic) bond motifs is 1. The Kier molecular flexibility index (Phi) is 5.46. The number of hydrogen-bond acceptors (Lipinski definition) is 3. The Morgan fingerprint density at radius 2 is 1.84 bits per heavy atom. The van der Waals surface area contributed by atoms with Gasteiger partial charge in [-0.3, -0.25) is 9.89 Å². The molecule has 6 heteroatoms. The number of hydrazone groups is 1. The van der Waals surface area contributed by atoms with Gasteiger partial charge in [0, 0.05) is 39.8 Å². The summed E-state index contributed by atoms with van der Waals surface area (Å²) in [4.78, 5) is 12.5. The summed E-state index contributed by atoms with van der Waals surface area (Å²) >= 11 is 0. The van der Waals surface area contributed by atoms with Gasteiger partial charge < -0.3 is 4.57 Å². The first kappa shape index (κ1) is 20.6. The van der Waals surface area contributed by atoms with E-state index in [2.05, 4.69) is 77.3 Å². The molecule has 158 valence electrons. The number of carbonyl (C=O) groups is 1. The van der Waals surface area contributed by atoms with Crippen LogP contribution in [0.1, 0.15) is 53.8 Å². The van der Waals surface area contributed by atoms with Gasteiger partial charge in [-0.05, 0) is 24.6 Å². The summed E-state index contributed by atoms with van der Waals surface area (Å²) in [6, 6.07) is 20.4. The SMILES string of the molecule is Cc1c(/C=N/NC(=O)c2cc(C(C)(C)C)[nH]n2)c2ccccc2n1Cc1ccccc1. The number of amides is 1. The molecule has 6 nitrogen and oxygen atoms in total. The van der Waals surface area contributed by atoms with Crippen LogP contribution in [0.4, 0.5) is 0 Å². The van der Waals surface area contributed by atoms with Crippen LogP contribution < -0.4 is 5.43 Å². The number of nitrogens with zero attached hydrogens (tertiary/aromatic N) is 3. The molecule has 0 aliphatic heterocycles. The minimum Gasteiger partial charge on any atom is -0.340 e. The van der Waals surface area contributed by atoms with Gasteiger partial charge in [0.05, 0.1) is 6.21 Å². The second kappa shape index (κ2) is 8.22. The molecule has 0 radical (unpaired) electrons. The maximum atomic E-state index is 12.5. The number of hydrogen-bond donors (Lipinski definition) is 2. The number of carbonyl (C=O) groups excluding carboxylic acids is 1. The predicted molar refractivity (Wildman–Crippen MR) is 125 cm³/mol. The van der Waals surface area contributed by atoms with Gasteiger partial charge in [0.25, 0.3) is 5.91 Å². The van der Waals surface area contributed by atoms with Crippen molar-refractivity contribution in [2.24, 2.45) is 5.10 Å². The number of H-pyrrole nitrogens is 1. The number of aromatic amines is 1. The third-order valence-electron chi connectivity index (χ3n) is 5.44. The molecule has 0 atom stereocenters. The van der Waals surface area contributed by atoms with Gasteiger partial charge in [0.1, 0.15) is 0 Å². The average Bonchev–Trinajstić information content (AvgIpc) is 3.35. The Labute approximate surface area is 182 Å². The molecule has 4 rings (SSSR count). The molecule has 0 fully saturated rings. The summed E-state index contributed by atoms with van der Waals surface area (Å²) < 4.78 is 2.27. The predicted octanol–water partition coefficient (Wildman–Crippen LogP) is 4.78. The fraction of sp³-hybridized carbons (Fsp3) is 0.240. The molecule has 2 aromatic carbocycles. The van der Waals surface area contributed by atoms with E-state index in [0.29, 0.717) is 5.69 Å². The van der Waals surface area contributed by atoms with Crippen molar-refractivity contribution < 1.29 is 4.79 Å². The molecule has 4 aromatic rings. The van der Waals surface area contributed by atoms with Crippen LogP contribution in [0, 0.1) is 6.92 Å². The van der Waals surface area contributed by atoms with E-state index >= 15 is 0 Å². The highest BCUT2D eigenvalue weighted by Crippen LogP contribution is 2.25. The minimum absolute atomic E-state index is 0.105. The minimum atomic E-state index is -0.339. The molecule has 0 aliphatic carbocycles. The van der Waals surface area contributed by atoms with Crippen LogP contribution in [-0.4, -0.2) is 26.9 Å². The molecule has 2 aromatic heterocycles. The monoisotopic (exact) mass is 413 g/mol. The summed E-state index contributed by atoms with van der Waals surface area (Å²) in [5.74, 6) is -0.339. The summed E-state index contributed by atoms with van der Waals surface area (Å²) in [7, 11) is 0. The number of para-hydroxylation sites is 1. The van der Waals surface area contributed by atoms with Gasteiger partial charge in [-0.1, -0.05) is 69.3 Å². The van der Waals surface area contributed by atoms with Crippen LogP contribution >= 0.6 is 0 Å². The maximum absolute atomic E-state index is 12.5. The van der Waals surface area contributed by atoms with E-state index < -0.39 is 0 Å².